The maximum Gasteiger partial charge on any atom is 0.306 e. The molecule has 0 aromatic heterocycles. The zero-order valence-electron chi connectivity index (χ0n) is 30.3. The molecule has 270 valence electrons. The van der Waals surface area contributed by atoms with E-state index in [1.807, 2.05) is 6.92 Å². The van der Waals surface area contributed by atoms with E-state index in [1.165, 1.54) is 167 Å². The van der Waals surface area contributed by atoms with E-state index >= 15 is 0 Å². The molecule has 1 atom stereocenters. The molecule has 45 heavy (non-hydrogen) atoms. The van der Waals surface area contributed by atoms with Crippen LogP contribution in [0.5, 0.6) is 0 Å². The van der Waals surface area contributed by atoms with Crippen LogP contribution >= 0.6 is 0 Å². The van der Waals surface area contributed by atoms with Crippen molar-refractivity contribution in [2.75, 3.05) is 6.61 Å². The van der Waals surface area contributed by atoms with Gasteiger partial charge in [0, 0.05) is 12.8 Å². The fraction of sp³-hybridized carbons (Fsp3) is 0.951. The number of ether oxygens (including phenoxy) is 2. The quantitative estimate of drug-likeness (QED) is 0.0506. The Labute approximate surface area is 283 Å². The normalized spacial score (nSPS) is 11.7. The summed E-state index contributed by atoms with van der Waals surface area (Å²) in [6.07, 6.45) is 40.8. The number of rotatable bonds is 36. The number of carbonyl (C=O) groups is 2. The van der Waals surface area contributed by atoms with E-state index < -0.39 is 0 Å². The van der Waals surface area contributed by atoms with Crippen LogP contribution in [-0.2, 0) is 19.1 Å². The van der Waals surface area contributed by atoms with Gasteiger partial charge in [0.05, 0.1) is 0 Å². The van der Waals surface area contributed by atoms with Gasteiger partial charge in [-0.2, -0.15) is 0 Å². The van der Waals surface area contributed by atoms with Crippen molar-refractivity contribution in [2.45, 2.75) is 246 Å². The van der Waals surface area contributed by atoms with E-state index in [1.54, 1.807) is 0 Å². The minimum absolute atomic E-state index is 0. The maximum absolute atomic E-state index is 12.3. The second-order valence-electron chi connectivity index (χ2n) is 13.6. The zero-order chi connectivity index (χ0) is 32.2. The number of carbonyl (C=O) groups excluding carboxylic acids is 2. The summed E-state index contributed by atoms with van der Waals surface area (Å²) in [7, 11) is 0. The Bertz CT molecular complexity index is 590. The highest BCUT2D eigenvalue weighted by molar-refractivity contribution is 5.70. The molecule has 0 fully saturated rings. The van der Waals surface area contributed by atoms with E-state index in [-0.39, 0.29) is 32.1 Å². The van der Waals surface area contributed by atoms with Crippen LogP contribution in [0, 0.1) is 0 Å². The van der Waals surface area contributed by atoms with Crippen LogP contribution in [0.4, 0.5) is 0 Å². The van der Waals surface area contributed by atoms with Gasteiger partial charge in [-0.3, -0.25) is 9.59 Å². The van der Waals surface area contributed by atoms with Gasteiger partial charge in [-0.05, 0) is 19.3 Å². The Morgan fingerprint density at radius 1 is 0.400 bits per heavy atom. The molecule has 0 aliphatic carbocycles. The molecular weight excluding hydrogens is 556 g/mol. The van der Waals surface area contributed by atoms with Crippen molar-refractivity contribution in [3.05, 3.63) is 0 Å². The highest BCUT2D eigenvalue weighted by Crippen LogP contribution is 2.16. The zero-order valence-corrected chi connectivity index (χ0v) is 30.3. The molecular formula is C41H82O4. The van der Waals surface area contributed by atoms with Crippen molar-refractivity contribution in [2.24, 2.45) is 0 Å². The summed E-state index contributed by atoms with van der Waals surface area (Å²) in [4.78, 5) is 24.4. The first-order chi connectivity index (χ1) is 21.6. The predicted molar refractivity (Wildman–Crippen MR) is 197 cm³/mol. The largest absolute Gasteiger partial charge is 0.462 e. The lowest BCUT2D eigenvalue weighted by atomic mass is 10.0. The SMILES string of the molecule is C.CCCCCCCCCCCCCCCCCC(=O)OCC(CC)OC(=O)CCCCCCCCCCCCCCCCC. The van der Waals surface area contributed by atoms with Crippen molar-refractivity contribution < 1.29 is 19.1 Å². The predicted octanol–water partition coefficient (Wildman–Crippen LogP) is 14.0. The summed E-state index contributed by atoms with van der Waals surface area (Å²) in [5.41, 5.74) is 0. The maximum atomic E-state index is 12.3. The smallest absolute Gasteiger partial charge is 0.306 e. The van der Waals surface area contributed by atoms with Gasteiger partial charge in [0.1, 0.15) is 12.7 Å². The molecule has 0 N–H and O–H groups in total. The summed E-state index contributed by atoms with van der Waals surface area (Å²) < 4.78 is 11.0. The van der Waals surface area contributed by atoms with Crippen molar-refractivity contribution in [1.82, 2.24) is 0 Å². The minimum atomic E-state index is -0.316. The fourth-order valence-electron chi connectivity index (χ4n) is 6.02. The average molecular weight is 639 g/mol. The lowest BCUT2D eigenvalue weighted by Crippen LogP contribution is -2.24. The van der Waals surface area contributed by atoms with Gasteiger partial charge in [-0.1, -0.05) is 208 Å². The number of esters is 2. The van der Waals surface area contributed by atoms with E-state index in [2.05, 4.69) is 13.8 Å². The van der Waals surface area contributed by atoms with E-state index in [9.17, 15) is 9.59 Å². The summed E-state index contributed by atoms with van der Waals surface area (Å²) in [5.74, 6) is -0.304. The molecule has 0 aromatic rings. The number of hydrogen-bond donors (Lipinski definition) is 0. The van der Waals surface area contributed by atoms with Gasteiger partial charge in [-0.25, -0.2) is 0 Å². The lowest BCUT2D eigenvalue weighted by molar-refractivity contribution is -0.159. The van der Waals surface area contributed by atoms with Gasteiger partial charge in [0.25, 0.3) is 0 Å². The van der Waals surface area contributed by atoms with Crippen molar-refractivity contribution >= 4 is 11.9 Å². The third kappa shape index (κ3) is 37.3. The number of hydrogen-bond acceptors (Lipinski definition) is 4. The Morgan fingerprint density at radius 2 is 0.667 bits per heavy atom. The highest BCUT2D eigenvalue weighted by atomic mass is 16.6. The van der Waals surface area contributed by atoms with Crippen LogP contribution in [0.25, 0.3) is 0 Å². The first kappa shape index (κ1) is 46.1. The van der Waals surface area contributed by atoms with Gasteiger partial charge in [-0.15, -0.1) is 0 Å². The average Bonchev–Trinajstić information content (AvgIpc) is 3.02. The summed E-state index contributed by atoms with van der Waals surface area (Å²) in [5, 5.41) is 0. The Kier molecular flexibility index (Phi) is 40.0. The standard InChI is InChI=1S/C40H78O4.CH4/c1-4-7-9-11-13-15-17-19-21-23-25-27-29-31-33-35-39(41)43-37-38(6-3)44-40(42)36-34-32-30-28-26-24-22-20-18-16-14-12-10-8-5-2;/h38H,4-37H2,1-3H3;1H4. The third-order valence-corrected chi connectivity index (χ3v) is 9.15. The Hall–Kier alpha value is -1.06. The minimum Gasteiger partial charge on any atom is -0.462 e. The van der Waals surface area contributed by atoms with Gasteiger partial charge < -0.3 is 9.47 Å². The molecule has 4 heteroatoms. The molecule has 0 radical (unpaired) electrons. The van der Waals surface area contributed by atoms with E-state index in [0.29, 0.717) is 19.3 Å². The molecule has 0 saturated carbocycles. The third-order valence-electron chi connectivity index (χ3n) is 9.15. The first-order valence-corrected chi connectivity index (χ1v) is 20.0. The van der Waals surface area contributed by atoms with Crippen LogP contribution in [0.3, 0.4) is 0 Å². The molecule has 0 saturated heterocycles. The van der Waals surface area contributed by atoms with Crippen LogP contribution in [-0.4, -0.2) is 24.6 Å². The summed E-state index contributed by atoms with van der Waals surface area (Å²) in [6, 6.07) is 0. The second-order valence-corrected chi connectivity index (χ2v) is 13.6. The molecule has 0 spiro atoms. The molecule has 0 rings (SSSR count). The number of unbranched alkanes of at least 4 members (excludes halogenated alkanes) is 28. The fourth-order valence-corrected chi connectivity index (χ4v) is 6.02. The van der Waals surface area contributed by atoms with Crippen molar-refractivity contribution in [1.29, 1.82) is 0 Å². The highest BCUT2D eigenvalue weighted by Gasteiger charge is 2.15. The molecule has 0 aliphatic rings. The van der Waals surface area contributed by atoms with Crippen LogP contribution < -0.4 is 0 Å². The second kappa shape index (κ2) is 39.1. The van der Waals surface area contributed by atoms with Crippen LogP contribution in [0.1, 0.15) is 240 Å². The van der Waals surface area contributed by atoms with Gasteiger partial charge in [0.15, 0.2) is 0 Å². The molecule has 0 heterocycles. The topological polar surface area (TPSA) is 52.6 Å². The lowest BCUT2D eigenvalue weighted by Gasteiger charge is -2.16. The Balaban J connectivity index is 0. The monoisotopic (exact) mass is 639 g/mol. The van der Waals surface area contributed by atoms with E-state index in [4.69, 9.17) is 9.47 Å². The van der Waals surface area contributed by atoms with Gasteiger partial charge in [0.2, 0.25) is 0 Å². The van der Waals surface area contributed by atoms with Crippen molar-refractivity contribution in [3.63, 3.8) is 0 Å². The molecule has 1 unspecified atom stereocenters. The first-order valence-electron chi connectivity index (χ1n) is 20.0. The molecule has 0 aliphatic heterocycles. The Morgan fingerprint density at radius 3 is 0.956 bits per heavy atom. The molecule has 0 bridgehead atoms. The summed E-state index contributed by atoms with van der Waals surface area (Å²) >= 11 is 0. The van der Waals surface area contributed by atoms with Crippen LogP contribution in [0.15, 0.2) is 0 Å². The molecule has 4 nitrogen and oxygen atoms in total. The van der Waals surface area contributed by atoms with Gasteiger partial charge >= 0.3 is 11.9 Å². The van der Waals surface area contributed by atoms with E-state index in [0.717, 1.165) is 25.7 Å². The van der Waals surface area contributed by atoms with Crippen LogP contribution in [0.2, 0.25) is 0 Å². The molecule has 0 amide bonds. The van der Waals surface area contributed by atoms with Crippen molar-refractivity contribution in [3.8, 4) is 0 Å². The summed E-state index contributed by atoms with van der Waals surface area (Å²) in [6.45, 7) is 6.73. The molecule has 0 aromatic carbocycles.